The van der Waals surface area contributed by atoms with Gasteiger partial charge in [-0.15, -0.1) is 0 Å². The summed E-state index contributed by atoms with van der Waals surface area (Å²) in [6.07, 6.45) is 3.49. The molecule has 0 unspecified atom stereocenters. The highest BCUT2D eigenvalue weighted by molar-refractivity contribution is 7.21. The Morgan fingerprint density at radius 1 is 1.15 bits per heavy atom. The quantitative estimate of drug-likeness (QED) is 0.390. The molecule has 1 aliphatic heterocycles. The summed E-state index contributed by atoms with van der Waals surface area (Å²) >= 11 is 1.54. The van der Waals surface area contributed by atoms with Crippen LogP contribution in [0.2, 0.25) is 0 Å². The van der Waals surface area contributed by atoms with Crippen LogP contribution >= 0.6 is 11.3 Å². The number of phenols is 1. The average molecular weight is 484 g/mol. The number of phenolic OH excluding ortho intramolecular Hbond substituents is 1. The Hall–Kier alpha value is -2.98. The van der Waals surface area contributed by atoms with Crippen molar-refractivity contribution in [1.29, 1.82) is 0 Å². The van der Waals surface area contributed by atoms with Gasteiger partial charge in [-0.3, -0.25) is 0 Å². The van der Waals surface area contributed by atoms with Crippen molar-refractivity contribution in [2.45, 2.75) is 57.7 Å². The zero-order valence-electron chi connectivity index (χ0n) is 20.3. The molecular formula is C24H30FN7OS. The molecule has 3 aromatic heterocycles. The molecule has 0 saturated carbocycles. The number of rotatable bonds is 4. The summed E-state index contributed by atoms with van der Waals surface area (Å²) in [6.45, 7) is 8.98. The molecule has 5 rings (SSSR count). The molecule has 0 atom stereocenters. The fraction of sp³-hybridized carbons (Fsp3) is 0.458. The molecule has 4 aromatic rings. The summed E-state index contributed by atoms with van der Waals surface area (Å²) in [5, 5.41) is 19.2. The average Bonchev–Trinajstić information content (AvgIpc) is 3.39. The predicted octanol–water partition coefficient (Wildman–Crippen LogP) is 4.68. The predicted molar refractivity (Wildman–Crippen MR) is 134 cm³/mol. The summed E-state index contributed by atoms with van der Waals surface area (Å²) in [4.78, 5) is 15.8. The number of hydrogen-bond donors (Lipinski definition) is 3. The maximum Gasteiger partial charge on any atom is 0.219 e. The Bertz CT molecular complexity index is 1320. The molecular weight excluding hydrogens is 453 g/mol. The van der Waals surface area contributed by atoms with E-state index in [1.54, 1.807) is 12.1 Å². The molecule has 3 N–H and O–H groups in total. The van der Waals surface area contributed by atoms with Gasteiger partial charge in [0.05, 0.1) is 17.3 Å². The van der Waals surface area contributed by atoms with Gasteiger partial charge in [-0.25, -0.2) is 14.6 Å². The molecule has 180 valence electrons. The molecule has 0 spiro atoms. The molecule has 1 saturated heterocycles. The molecule has 0 amide bonds. The van der Waals surface area contributed by atoms with Gasteiger partial charge in [-0.1, -0.05) is 17.4 Å². The van der Waals surface area contributed by atoms with Crippen LogP contribution in [0.5, 0.6) is 5.75 Å². The van der Waals surface area contributed by atoms with E-state index >= 15 is 0 Å². The number of piperidine rings is 1. The van der Waals surface area contributed by atoms with Crippen LogP contribution in [0, 0.1) is 5.95 Å². The first-order chi connectivity index (χ1) is 15.9. The van der Waals surface area contributed by atoms with E-state index in [9.17, 15) is 9.50 Å². The van der Waals surface area contributed by atoms with E-state index in [0.717, 1.165) is 27.5 Å². The van der Waals surface area contributed by atoms with Crippen LogP contribution in [0.15, 0.2) is 24.4 Å². The number of hydrogen-bond acceptors (Lipinski definition) is 7. The van der Waals surface area contributed by atoms with Gasteiger partial charge in [-0.2, -0.15) is 9.49 Å². The van der Waals surface area contributed by atoms with E-state index in [1.807, 2.05) is 0 Å². The molecule has 10 heteroatoms. The number of anilines is 1. The van der Waals surface area contributed by atoms with Crippen molar-refractivity contribution in [3.63, 3.8) is 0 Å². The highest BCUT2D eigenvalue weighted by Crippen LogP contribution is 2.38. The maximum absolute atomic E-state index is 14.2. The molecule has 1 fully saturated rings. The number of imidazole rings is 1. The monoisotopic (exact) mass is 483 g/mol. The largest absolute Gasteiger partial charge is 0.507 e. The van der Waals surface area contributed by atoms with Gasteiger partial charge in [0.1, 0.15) is 11.6 Å². The number of nitrogens with one attached hydrogen (secondary N) is 2. The molecule has 1 aromatic carbocycles. The zero-order valence-corrected chi connectivity index (χ0v) is 21.1. The lowest BCUT2D eigenvalue weighted by Gasteiger charge is -2.48. The summed E-state index contributed by atoms with van der Waals surface area (Å²) in [5.74, 6) is 0.0912. The molecule has 1 aliphatic rings. The van der Waals surface area contributed by atoms with Crippen molar-refractivity contribution in [2.24, 2.45) is 7.05 Å². The van der Waals surface area contributed by atoms with E-state index in [2.05, 4.69) is 60.0 Å². The van der Waals surface area contributed by atoms with Crippen LogP contribution in [0.3, 0.4) is 0 Å². The van der Waals surface area contributed by atoms with Crippen molar-refractivity contribution in [1.82, 2.24) is 30.0 Å². The Morgan fingerprint density at radius 3 is 2.44 bits per heavy atom. The second-order valence-electron chi connectivity index (χ2n) is 10.5. The molecule has 0 bridgehead atoms. The van der Waals surface area contributed by atoms with Gasteiger partial charge in [-0.05, 0) is 58.2 Å². The zero-order chi connectivity index (χ0) is 24.4. The number of aryl methyl sites for hydroxylation is 1. The van der Waals surface area contributed by atoms with Crippen LogP contribution in [-0.2, 0) is 7.05 Å². The summed E-state index contributed by atoms with van der Waals surface area (Å²) in [7, 11) is 3.64. The number of benzene rings is 1. The standard InChI is InChI=1S/C24H30FN7OS/c1-23(2)10-14(11-24(3,4)30-23)31(5)22-29-20-21(34-22)28-19(27-20)15-8-7-13(9-17(15)33)16-12-26-32(6)18(16)25/h7-9,12,14,30,33H,10-11H2,1-6H3,(H,27,28). The minimum atomic E-state index is -0.452. The van der Waals surface area contributed by atoms with Crippen molar-refractivity contribution in [2.75, 3.05) is 11.9 Å². The Morgan fingerprint density at radius 2 is 1.85 bits per heavy atom. The summed E-state index contributed by atoms with van der Waals surface area (Å²) in [6, 6.07) is 5.37. The number of aromatic amines is 1. The lowest BCUT2D eigenvalue weighted by molar-refractivity contribution is 0.161. The third kappa shape index (κ3) is 4.05. The lowest BCUT2D eigenvalue weighted by Crippen LogP contribution is -2.61. The Labute approximate surface area is 201 Å². The van der Waals surface area contributed by atoms with Gasteiger partial charge in [0, 0.05) is 31.2 Å². The second-order valence-corrected chi connectivity index (χ2v) is 11.5. The van der Waals surface area contributed by atoms with Crippen LogP contribution in [0.1, 0.15) is 40.5 Å². The molecule has 4 heterocycles. The normalized spacial score (nSPS) is 18.0. The van der Waals surface area contributed by atoms with Gasteiger partial charge in [0.15, 0.2) is 15.6 Å². The van der Waals surface area contributed by atoms with Crippen molar-refractivity contribution in [3.8, 4) is 28.3 Å². The fourth-order valence-corrected chi connectivity index (χ4v) is 6.13. The van der Waals surface area contributed by atoms with Crippen LogP contribution in [0.25, 0.3) is 33.0 Å². The van der Waals surface area contributed by atoms with Gasteiger partial charge in [0.2, 0.25) is 5.95 Å². The van der Waals surface area contributed by atoms with Gasteiger partial charge < -0.3 is 20.3 Å². The summed E-state index contributed by atoms with van der Waals surface area (Å²) < 4.78 is 15.4. The molecule has 8 nitrogen and oxygen atoms in total. The highest BCUT2D eigenvalue weighted by atomic mass is 32.1. The van der Waals surface area contributed by atoms with Crippen molar-refractivity contribution in [3.05, 3.63) is 30.3 Å². The number of halogens is 1. The maximum atomic E-state index is 14.2. The number of nitrogens with zero attached hydrogens (tertiary/aromatic N) is 5. The molecule has 34 heavy (non-hydrogen) atoms. The number of thiazole rings is 1. The Balaban J connectivity index is 1.40. The SMILES string of the molecule is CN(c1nc2[nH]c(-c3ccc(-c4cnn(C)c4F)cc3O)nc2s1)C1CC(C)(C)NC(C)(C)C1. The van der Waals surface area contributed by atoms with Gasteiger partial charge >= 0.3 is 0 Å². The molecule has 0 radical (unpaired) electrons. The second kappa shape index (κ2) is 7.78. The minimum Gasteiger partial charge on any atom is -0.507 e. The number of aromatic hydroxyl groups is 1. The number of fused-ring (bicyclic) bond motifs is 1. The van der Waals surface area contributed by atoms with Crippen molar-refractivity contribution >= 4 is 26.9 Å². The van der Waals surface area contributed by atoms with Crippen LogP contribution in [0.4, 0.5) is 9.52 Å². The van der Waals surface area contributed by atoms with E-state index in [4.69, 9.17) is 4.98 Å². The lowest BCUT2D eigenvalue weighted by atomic mass is 9.79. The third-order valence-electron chi connectivity index (χ3n) is 6.50. The first-order valence-electron chi connectivity index (χ1n) is 11.3. The first kappa shape index (κ1) is 22.8. The minimum absolute atomic E-state index is 0.0127. The van der Waals surface area contributed by atoms with E-state index < -0.39 is 5.95 Å². The first-order valence-corrected chi connectivity index (χ1v) is 12.1. The van der Waals surface area contributed by atoms with Crippen molar-refractivity contribution < 1.29 is 9.50 Å². The third-order valence-corrected chi connectivity index (χ3v) is 7.54. The fourth-order valence-electron chi connectivity index (χ4n) is 5.19. The highest BCUT2D eigenvalue weighted by Gasteiger charge is 2.39. The van der Waals surface area contributed by atoms with Gasteiger partial charge in [0.25, 0.3) is 0 Å². The number of aromatic nitrogens is 5. The van der Waals surface area contributed by atoms with E-state index in [-0.39, 0.29) is 16.8 Å². The Kier molecular flexibility index (Phi) is 5.21. The summed E-state index contributed by atoms with van der Waals surface area (Å²) in [5.41, 5.74) is 2.21. The molecule has 0 aliphatic carbocycles. The number of H-pyrrole nitrogens is 1. The van der Waals surface area contributed by atoms with E-state index in [0.29, 0.717) is 34.2 Å². The topological polar surface area (TPSA) is 94.9 Å². The van der Waals surface area contributed by atoms with E-state index in [1.165, 1.54) is 30.6 Å². The smallest absolute Gasteiger partial charge is 0.219 e. The van der Waals surface area contributed by atoms with Crippen LogP contribution in [-0.4, -0.2) is 54.0 Å². The van der Waals surface area contributed by atoms with Crippen LogP contribution < -0.4 is 10.2 Å².